The highest BCUT2D eigenvalue weighted by Gasteiger charge is 2.09. The van der Waals surface area contributed by atoms with Crippen molar-refractivity contribution in [3.8, 4) is 0 Å². The van der Waals surface area contributed by atoms with E-state index in [0.717, 1.165) is 42.3 Å². The first kappa shape index (κ1) is 16.7. The Labute approximate surface area is 147 Å². The number of allylic oxidation sites excluding steroid dienone is 1. The van der Waals surface area contributed by atoms with Gasteiger partial charge in [0.25, 0.3) is 0 Å². The van der Waals surface area contributed by atoms with Gasteiger partial charge in [0.1, 0.15) is 6.29 Å². The topological polar surface area (TPSA) is 42.3 Å². The van der Waals surface area contributed by atoms with E-state index in [-0.39, 0.29) is 0 Å². The van der Waals surface area contributed by atoms with E-state index in [1.165, 1.54) is 0 Å². The monoisotopic (exact) mass is 332 g/mol. The second kappa shape index (κ2) is 8.11. The van der Waals surface area contributed by atoms with Crippen molar-refractivity contribution in [2.45, 2.75) is 13.0 Å². The molecule has 0 amide bonds. The molecule has 0 unspecified atom stereocenters. The molecule has 0 aliphatic heterocycles. The van der Waals surface area contributed by atoms with Gasteiger partial charge in [0.15, 0.2) is 6.29 Å². The van der Waals surface area contributed by atoms with E-state index in [2.05, 4.69) is 9.47 Å². The van der Waals surface area contributed by atoms with E-state index in [0.29, 0.717) is 12.0 Å². The third kappa shape index (κ3) is 3.86. The lowest BCUT2D eigenvalue weighted by Gasteiger charge is -2.21. The number of carbonyl (C=O) groups excluding carboxylic acids is 2. The highest BCUT2D eigenvalue weighted by molar-refractivity contribution is 5.97. The van der Waals surface area contributed by atoms with Gasteiger partial charge < -0.3 is 14.3 Å². The molecule has 0 saturated carbocycles. The van der Waals surface area contributed by atoms with Gasteiger partial charge in [-0.2, -0.15) is 0 Å². The van der Waals surface area contributed by atoms with Crippen molar-refractivity contribution >= 4 is 29.2 Å². The second-order valence-electron chi connectivity index (χ2n) is 5.73. The van der Waals surface area contributed by atoms with Crippen molar-refractivity contribution in [3.05, 3.63) is 78.6 Å². The highest BCUT2D eigenvalue weighted by Crippen LogP contribution is 2.21. The van der Waals surface area contributed by atoms with Gasteiger partial charge in [-0.1, -0.05) is 42.5 Å². The molecule has 0 aliphatic carbocycles. The van der Waals surface area contributed by atoms with Crippen molar-refractivity contribution < 1.29 is 9.59 Å². The first-order valence-electron chi connectivity index (χ1n) is 8.28. The van der Waals surface area contributed by atoms with Crippen LogP contribution in [0.2, 0.25) is 0 Å². The molecule has 0 radical (unpaired) electrons. The molecule has 0 aliphatic rings. The summed E-state index contributed by atoms with van der Waals surface area (Å²) in [6, 6.07) is 18.0. The Hall–Kier alpha value is -3.14. The predicted molar refractivity (Wildman–Crippen MR) is 101 cm³/mol. The molecule has 3 aromatic rings. The van der Waals surface area contributed by atoms with Crippen LogP contribution in [0.25, 0.3) is 10.9 Å². The normalized spacial score (nSPS) is 11.0. The number of aldehydes is 2. The van der Waals surface area contributed by atoms with E-state index < -0.39 is 0 Å². The Morgan fingerprint density at radius 2 is 1.72 bits per heavy atom. The summed E-state index contributed by atoms with van der Waals surface area (Å²) in [5.74, 6) is 0. The van der Waals surface area contributed by atoms with Crippen LogP contribution >= 0.6 is 0 Å². The number of fused-ring (bicyclic) bond motifs is 1. The zero-order chi connectivity index (χ0) is 17.5. The molecule has 0 bridgehead atoms. The predicted octanol–water partition coefficient (Wildman–Crippen LogP) is 4.06. The average Bonchev–Trinajstić information content (AvgIpc) is 3.03. The molecule has 3 rings (SSSR count). The summed E-state index contributed by atoms with van der Waals surface area (Å²) in [4.78, 5) is 24.0. The fourth-order valence-corrected chi connectivity index (χ4v) is 2.92. The van der Waals surface area contributed by atoms with E-state index in [1.54, 1.807) is 0 Å². The molecule has 0 spiro atoms. The number of aromatic nitrogens is 1. The zero-order valence-electron chi connectivity index (χ0n) is 13.9. The third-order valence-electron chi connectivity index (χ3n) is 4.13. The van der Waals surface area contributed by atoms with Crippen LogP contribution in [0.5, 0.6) is 0 Å². The number of para-hydroxylation sites is 2. The molecular formula is C21H20N2O2. The van der Waals surface area contributed by atoms with Gasteiger partial charge >= 0.3 is 0 Å². The third-order valence-corrected chi connectivity index (χ3v) is 4.13. The van der Waals surface area contributed by atoms with Crippen LogP contribution in [0.3, 0.4) is 0 Å². The Balaban J connectivity index is 1.84. The summed E-state index contributed by atoms with van der Waals surface area (Å²) in [7, 11) is 0. The average molecular weight is 332 g/mol. The highest BCUT2D eigenvalue weighted by atomic mass is 16.1. The maximum absolute atomic E-state index is 11.3. The zero-order valence-corrected chi connectivity index (χ0v) is 13.9. The maximum atomic E-state index is 11.3. The Bertz CT molecular complexity index is 881. The summed E-state index contributed by atoms with van der Waals surface area (Å²) in [6.45, 7) is 1.46. The Morgan fingerprint density at radius 1 is 0.960 bits per heavy atom. The minimum atomic E-state index is 0.394. The lowest BCUT2D eigenvalue weighted by Crippen LogP contribution is -2.21. The number of carbonyl (C=O) groups is 2. The van der Waals surface area contributed by atoms with Crippen molar-refractivity contribution in [1.29, 1.82) is 0 Å². The summed E-state index contributed by atoms with van der Waals surface area (Å²) in [6.07, 6.45) is 7.87. The van der Waals surface area contributed by atoms with E-state index >= 15 is 0 Å². The summed E-state index contributed by atoms with van der Waals surface area (Å²) < 4.78 is 2.10. The molecule has 0 atom stereocenters. The Kier molecular flexibility index (Phi) is 5.42. The smallest absolute Gasteiger partial charge is 0.152 e. The lowest BCUT2D eigenvalue weighted by molar-refractivity contribution is -0.107. The number of nitrogens with zero attached hydrogens (tertiary/aromatic N) is 2. The van der Waals surface area contributed by atoms with Crippen LogP contribution < -0.4 is 4.90 Å². The van der Waals surface area contributed by atoms with Crippen LogP contribution in [0.1, 0.15) is 16.8 Å². The molecule has 0 saturated heterocycles. The molecule has 25 heavy (non-hydrogen) atoms. The van der Waals surface area contributed by atoms with Crippen LogP contribution in [0.4, 0.5) is 5.69 Å². The van der Waals surface area contributed by atoms with Gasteiger partial charge in [0, 0.05) is 54.1 Å². The molecule has 0 fully saturated rings. The van der Waals surface area contributed by atoms with Crippen LogP contribution in [0.15, 0.2) is 73.1 Å². The lowest BCUT2D eigenvalue weighted by atomic mass is 10.2. The molecular weight excluding hydrogens is 312 g/mol. The van der Waals surface area contributed by atoms with Gasteiger partial charge in [0.2, 0.25) is 0 Å². The van der Waals surface area contributed by atoms with E-state index in [4.69, 9.17) is 0 Å². The fourth-order valence-electron chi connectivity index (χ4n) is 2.92. The van der Waals surface area contributed by atoms with E-state index in [1.807, 2.05) is 73.1 Å². The number of hydrogen-bond donors (Lipinski definition) is 0. The minimum absolute atomic E-state index is 0.394. The molecule has 126 valence electrons. The molecule has 4 nitrogen and oxygen atoms in total. The molecule has 4 heteroatoms. The van der Waals surface area contributed by atoms with Gasteiger partial charge in [-0.15, -0.1) is 0 Å². The van der Waals surface area contributed by atoms with Crippen LogP contribution in [0, 0.1) is 0 Å². The van der Waals surface area contributed by atoms with Crippen molar-refractivity contribution in [2.24, 2.45) is 0 Å². The number of hydrogen-bond acceptors (Lipinski definition) is 3. The maximum Gasteiger partial charge on any atom is 0.152 e. The first-order chi connectivity index (χ1) is 12.3. The van der Waals surface area contributed by atoms with Gasteiger partial charge in [-0.25, -0.2) is 0 Å². The SMILES string of the molecule is O=CCC=CN(CCn1cc(C=O)c2ccccc21)c1ccccc1. The standard InChI is InChI=1S/C21H20N2O2/c24-15-7-6-12-22(19-8-2-1-3-9-19)13-14-23-16-18(17-25)20-10-4-5-11-21(20)23/h1-6,8-12,15-17H,7,13-14H2. The quantitative estimate of drug-likeness (QED) is 0.584. The van der Waals surface area contributed by atoms with Crippen molar-refractivity contribution in [3.63, 3.8) is 0 Å². The van der Waals surface area contributed by atoms with Crippen LogP contribution in [-0.2, 0) is 11.3 Å². The van der Waals surface area contributed by atoms with Gasteiger partial charge in [-0.05, 0) is 18.2 Å². The van der Waals surface area contributed by atoms with E-state index in [9.17, 15) is 9.59 Å². The van der Waals surface area contributed by atoms with Crippen molar-refractivity contribution in [2.75, 3.05) is 11.4 Å². The molecule has 2 aromatic carbocycles. The van der Waals surface area contributed by atoms with Crippen LogP contribution in [-0.4, -0.2) is 23.7 Å². The fraction of sp³-hybridized carbons (Fsp3) is 0.143. The minimum Gasteiger partial charge on any atom is -0.347 e. The Morgan fingerprint density at radius 3 is 2.48 bits per heavy atom. The molecule has 1 aromatic heterocycles. The number of anilines is 1. The summed E-state index contributed by atoms with van der Waals surface area (Å²) in [5.41, 5.74) is 2.82. The second-order valence-corrected chi connectivity index (χ2v) is 5.73. The largest absolute Gasteiger partial charge is 0.347 e. The molecule has 1 heterocycles. The first-order valence-corrected chi connectivity index (χ1v) is 8.28. The van der Waals surface area contributed by atoms with Crippen molar-refractivity contribution in [1.82, 2.24) is 4.57 Å². The molecule has 0 N–H and O–H groups in total. The number of benzene rings is 2. The summed E-state index contributed by atoms with van der Waals surface area (Å²) >= 11 is 0. The number of rotatable bonds is 8. The summed E-state index contributed by atoms with van der Waals surface area (Å²) in [5, 5.41) is 0.972. The van der Waals surface area contributed by atoms with Gasteiger partial charge in [0.05, 0.1) is 0 Å². The van der Waals surface area contributed by atoms with Gasteiger partial charge in [-0.3, -0.25) is 4.79 Å².